The van der Waals surface area contributed by atoms with Crippen molar-refractivity contribution in [3.63, 3.8) is 0 Å². The van der Waals surface area contributed by atoms with Gasteiger partial charge in [0.1, 0.15) is 0 Å². The molecule has 2 atom stereocenters. The van der Waals surface area contributed by atoms with E-state index in [1.165, 1.54) is 0 Å². The van der Waals surface area contributed by atoms with E-state index in [9.17, 15) is 4.79 Å². The maximum absolute atomic E-state index is 11.8. The number of carbonyl (C=O) groups excluding carboxylic acids is 1. The molecule has 1 heterocycles. The Hall–Kier alpha value is -0.650. The van der Waals surface area contributed by atoms with Crippen LogP contribution < -0.4 is 5.73 Å². The Kier molecular flexibility index (Phi) is 5.01. The fourth-order valence-corrected chi connectivity index (χ4v) is 1.75. The van der Waals surface area contributed by atoms with Crippen LogP contribution in [0.3, 0.4) is 0 Å². The Morgan fingerprint density at radius 3 is 3.00 bits per heavy atom. The van der Waals surface area contributed by atoms with Crippen molar-refractivity contribution in [3.05, 3.63) is 0 Å². The Morgan fingerprint density at radius 1 is 1.73 bits per heavy atom. The highest BCUT2D eigenvalue weighted by Gasteiger charge is 2.26. The van der Waals surface area contributed by atoms with Gasteiger partial charge in [-0.1, -0.05) is 0 Å². The first kappa shape index (κ1) is 12.4. The van der Waals surface area contributed by atoms with Crippen molar-refractivity contribution in [3.8, 4) is 0 Å². The van der Waals surface area contributed by atoms with Gasteiger partial charge in [0.05, 0.1) is 19.1 Å². The lowest BCUT2D eigenvalue weighted by Crippen LogP contribution is -2.43. The molecule has 5 nitrogen and oxygen atoms in total. The van der Waals surface area contributed by atoms with Crippen LogP contribution in [0, 0.1) is 5.92 Å². The highest BCUT2D eigenvalue weighted by molar-refractivity contribution is 5.79. The summed E-state index contributed by atoms with van der Waals surface area (Å²) >= 11 is 0. The van der Waals surface area contributed by atoms with Crippen LogP contribution in [0.1, 0.15) is 6.42 Å². The molecule has 0 aromatic rings. The lowest BCUT2D eigenvalue weighted by atomic mass is 10.1. The summed E-state index contributed by atoms with van der Waals surface area (Å²) in [5, 5.41) is 0. The van der Waals surface area contributed by atoms with E-state index in [4.69, 9.17) is 15.2 Å². The van der Waals surface area contributed by atoms with Gasteiger partial charge >= 0.3 is 0 Å². The normalized spacial score (nSPS) is 22.7. The topological polar surface area (TPSA) is 64.8 Å². The minimum Gasteiger partial charge on any atom is -0.383 e. The molecule has 1 saturated heterocycles. The number of hydrogen-bond acceptors (Lipinski definition) is 4. The first-order chi connectivity index (χ1) is 7.15. The molecule has 1 amide bonds. The van der Waals surface area contributed by atoms with Crippen molar-refractivity contribution < 1.29 is 14.3 Å². The predicted octanol–water partition coefficient (Wildman–Crippen LogP) is -0.545. The molecule has 1 fully saturated rings. The van der Waals surface area contributed by atoms with E-state index in [0.29, 0.717) is 26.4 Å². The van der Waals surface area contributed by atoms with Crippen molar-refractivity contribution in [2.24, 2.45) is 11.7 Å². The standard InChI is InChI=1S/C10H20N2O3/c1-12(5-9(11)7-14-2)10(13)8-3-4-15-6-8/h8-9H,3-7,11H2,1-2H3. The second-order valence-electron chi connectivity index (χ2n) is 3.99. The molecular formula is C10H20N2O3. The van der Waals surface area contributed by atoms with Crippen LogP contribution in [0.15, 0.2) is 0 Å². The number of likely N-dealkylation sites (N-methyl/N-ethyl adjacent to an activating group) is 1. The van der Waals surface area contributed by atoms with Gasteiger partial charge in [0.15, 0.2) is 0 Å². The largest absolute Gasteiger partial charge is 0.383 e. The fourth-order valence-electron chi connectivity index (χ4n) is 1.75. The zero-order chi connectivity index (χ0) is 11.3. The molecule has 0 aliphatic carbocycles. The quantitative estimate of drug-likeness (QED) is 0.670. The van der Waals surface area contributed by atoms with E-state index in [1.54, 1.807) is 19.1 Å². The molecule has 15 heavy (non-hydrogen) atoms. The van der Waals surface area contributed by atoms with Gasteiger partial charge in [0.2, 0.25) is 5.91 Å². The number of ether oxygens (including phenoxy) is 2. The first-order valence-electron chi connectivity index (χ1n) is 5.22. The Morgan fingerprint density at radius 2 is 2.47 bits per heavy atom. The van der Waals surface area contributed by atoms with E-state index in [2.05, 4.69) is 0 Å². The molecule has 0 radical (unpaired) electrons. The lowest BCUT2D eigenvalue weighted by molar-refractivity contribution is -0.134. The third-order valence-corrected chi connectivity index (χ3v) is 2.54. The minimum atomic E-state index is -0.119. The molecule has 0 saturated carbocycles. The van der Waals surface area contributed by atoms with Crippen molar-refractivity contribution in [2.75, 3.05) is 40.5 Å². The Balaban J connectivity index is 2.31. The van der Waals surface area contributed by atoms with Gasteiger partial charge < -0.3 is 20.1 Å². The van der Waals surface area contributed by atoms with E-state index < -0.39 is 0 Å². The van der Waals surface area contributed by atoms with Crippen LogP contribution in [-0.2, 0) is 14.3 Å². The summed E-state index contributed by atoms with van der Waals surface area (Å²) in [7, 11) is 3.38. The number of carbonyl (C=O) groups is 1. The molecule has 1 aliphatic rings. The van der Waals surface area contributed by atoms with E-state index in [-0.39, 0.29) is 17.9 Å². The van der Waals surface area contributed by atoms with Gasteiger partial charge in [-0.3, -0.25) is 4.79 Å². The summed E-state index contributed by atoms with van der Waals surface area (Å²) in [6.07, 6.45) is 0.822. The predicted molar refractivity (Wildman–Crippen MR) is 56.4 cm³/mol. The number of nitrogens with two attached hydrogens (primary N) is 1. The average molecular weight is 216 g/mol. The van der Waals surface area contributed by atoms with Crippen molar-refractivity contribution in [1.82, 2.24) is 4.90 Å². The van der Waals surface area contributed by atoms with Gasteiger partial charge in [-0.2, -0.15) is 0 Å². The second kappa shape index (κ2) is 6.05. The van der Waals surface area contributed by atoms with Gasteiger partial charge in [-0.05, 0) is 6.42 Å². The molecule has 5 heteroatoms. The lowest BCUT2D eigenvalue weighted by Gasteiger charge is -2.23. The molecule has 0 aromatic carbocycles. The maximum atomic E-state index is 11.8. The van der Waals surface area contributed by atoms with Crippen molar-refractivity contribution >= 4 is 5.91 Å². The van der Waals surface area contributed by atoms with Gasteiger partial charge in [-0.15, -0.1) is 0 Å². The highest BCUT2D eigenvalue weighted by atomic mass is 16.5. The average Bonchev–Trinajstić information content (AvgIpc) is 2.69. The number of amides is 1. The second-order valence-corrected chi connectivity index (χ2v) is 3.99. The van der Waals surface area contributed by atoms with Gasteiger partial charge in [-0.25, -0.2) is 0 Å². The molecule has 0 spiro atoms. The summed E-state index contributed by atoms with van der Waals surface area (Å²) in [5.41, 5.74) is 5.77. The van der Waals surface area contributed by atoms with Crippen LogP contribution in [0.2, 0.25) is 0 Å². The Bertz CT molecular complexity index is 205. The maximum Gasteiger partial charge on any atom is 0.227 e. The minimum absolute atomic E-state index is 0.0183. The molecule has 0 bridgehead atoms. The van der Waals surface area contributed by atoms with Crippen LogP contribution >= 0.6 is 0 Å². The third kappa shape index (κ3) is 3.77. The Labute approximate surface area is 90.5 Å². The SMILES string of the molecule is COCC(N)CN(C)C(=O)C1CCOC1. The zero-order valence-electron chi connectivity index (χ0n) is 9.44. The van der Waals surface area contributed by atoms with Crippen LogP contribution in [-0.4, -0.2) is 57.4 Å². The molecule has 1 aliphatic heterocycles. The summed E-state index contributed by atoms with van der Waals surface area (Å²) in [4.78, 5) is 13.5. The van der Waals surface area contributed by atoms with E-state index >= 15 is 0 Å². The fraction of sp³-hybridized carbons (Fsp3) is 0.900. The third-order valence-electron chi connectivity index (χ3n) is 2.54. The first-order valence-corrected chi connectivity index (χ1v) is 5.22. The van der Waals surface area contributed by atoms with Crippen LogP contribution in [0.4, 0.5) is 0 Å². The summed E-state index contributed by atoms with van der Waals surface area (Å²) in [5.74, 6) is 0.142. The smallest absolute Gasteiger partial charge is 0.227 e. The van der Waals surface area contributed by atoms with Crippen LogP contribution in [0.5, 0.6) is 0 Å². The summed E-state index contributed by atoms with van der Waals surface area (Å²) in [6, 6.07) is -0.119. The summed E-state index contributed by atoms with van der Waals surface area (Å²) < 4.78 is 10.1. The molecule has 2 unspecified atom stereocenters. The number of methoxy groups -OCH3 is 1. The number of rotatable bonds is 5. The molecule has 0 aromatic heterocycles. The van der Waals surface area contributed by atoms with Gasteiger partial charge in [0.25, 0.3) is 0 Å². The number of nitrogens with zero attached hydrogens (tertiary/aromatic N) is 1. The molecular weight excluding hydrogens is 196 g/mol. The van der Waals surface area contributed by atoms with Crippen molar-refractivity contribution in [1.29, 1.82) is 0 Å². The van der Waals surface area contributed by atoms with E-state index in [1.807, 2.05) is 0 Å². The van der Waals surface area contributed by atoms with Crippen LogP contribution in [0.25, 0.3) is 0 Å². The molecule has 1 rings (SSSR count). The van der Waals surface area contributed by atoms with Gasteiger partial charge in [0, 0.05) is 33.4 Å². The molecule has 2 N–H and O–H groups in total. The molecule has 88 valence electrons. The number of hydrogen-bond donors (Lipinski definition) is 1. The monoisotopic (exact) mass is 216 g/mol. The highest BCUT2D eigenvalue weighted by Crippen LogP contribution is 2.14. The van der Waals surface area contributed by atoms with Crippen molar-refractivity contribution in [2.45, 2.75) is 12.5 Å². The summed E-state index contributed by atoms with van der Waals surface area (Å²) in [6.45, 7) is 2.24. The van der Waals surface area contributed by atoms with E-state index in [0.717, 1.165) is 6.42 Å². The zero-order valence-corrected chi connectivity index (χ0v) is 9.44.